The van der Waals surface area contributed by atoms with E-state index < -0.39 is 0 Å². The zero-order valence-electron chi connectivity index (χ0n) is 8.77. The Morgan fingerprint density at radius 3 is 2.53 bits per heavy atom. The summed E-state index contributed by atoms with van der Waals surface area (Å²) >= 11 is 0. The second kappa shape index (κ2) is 5.92. The number of nitrogens with zero attached hydrogens (tertiary/aromatic N) is 3. The fraction of sp³-hybridized carbons (Fsp3) is 0.444. The van der Waals surface area contributed by atoms with Crippen LogP contribution in [-0.4, -0.2) is 35.8 Å². The number of rotatable bonds is 6. The quantitative estimate of drug-likeness (QED) is 0.641. The van der Waals surface area contributed by atoms with Crippen molar-refractivity contribution >= 4 is 0 Å². The SMILES string of the molecule is C=CCOc1nc(COC)nc(OC)n1. The van der Waals surface area contributed by atoms with E-state index >= 15 is 0 Å². The molecule has 1 heterocycles. The molecule has 1 rings (SSSR count). The molecule has 0 saturated heterocycles. The molecule has 1 aromatic heterocycles. The fourth-order valence-electron chi connectivity index (χ4n) is 0.861. The third kappa shape index (κ3) is 3.51. The van der Waals surface area contributed by atoms with Crippen LogP contribution in [-0.2, 0) is 11.3 Å². The van der Waals surface area contributed by atoms with E-state index in [1.165, 1.54) is 7.11 Å². The molecule has 0 bridgehead atoms. The number of methoxy groups -OCH3 is 2. The molecule has 0 amide bonds. The van der Waals surface area contributed by atoms with Crippen molar-refractivity contribution in [3.8, 4) is 12.0 Å². The Bertz CT molecular complexity index is 330. The number of ether oxygens (including phenoxy) is 3. The second-order valence-corrected chi connectivity index (χ2v) is 2.55. The van der Waals surface area contributed by atoms with Crippen molar-refractivity contribution < 1.29 is 14.2 Å². The van der Waals surface area contributed by atoms with Crippen LogP contribution in [0.25, 0.3) is 0 Å². The van der Waals surface area contributed by atoms with Gasteiger partial charge in [0.1, 0.15) is 13.2 Å². The lowest BCUT2D eigenvalue weighted by Crippen LogP contribution is -2.06. The summed E-state index contributed by atoms with van der Waals surface area (Å²) < 4.78 is 15.0. The summed E-state index contributed by atoms with van der Waals surface area (Å²) in [4.78, 5) is 11.9. The minimum Gasteiger partial charge on any atom is -0.467 e. The lowest BCUT2D eigenvalue weighted by atomic mass is 10.6. The summed E-state index contributed by atoms with van der Waals surface area (Å²) in [7, 11) is 3.03. The molecule has 0 aromatic carbocycles. The summed E-state index contributed by atoms with van der Waals surface area (Å²) in [6.45, 7) is 4.14. The van der Waals surface area contributed by atoms with Gasteiger partial charge in [-0.05, 0) is 0 Å². The summed E-state index contributed by atoms with van der Waals surface area (Å²) in [6, 6.07) is 0.407. The average Bonchev–Trinajstić information content (AvgIpc) is 2.26. The smallest absolute Gasteiger partial charge is 0.323 e. The van der Waals surface area contributed by atoms with Gasteiger partial charge in [0.2, 0.25) is 0 Å². The highest BCUT2D eigenvalue weighted by Crippen LogP contribution is 2.09. The molecule has 6 heteroatoms. The Morgan fingerprint density at radius 2 is 1.93 bits per heavy atom. The molecular weight excluding hydrogens is 198 g/mol. The van der Waals surface area contributed by atoms with Crippen LogP contribution in [0.15, 0.2) is 12.7 Å². The second-order valence-electron chi connectivity index (χ2n) is 2.55. The molecular formula is C9H13N3O3. The maximum Gasteiger partial charge on any atom is 0.323 e. The Kier molecular flexibility index (Phi) is 4.49. The normalized spacial score (nSPS) is 9.73. The number of hydrogen-bond donors (Lipinski definition) is 0. The summed E-state index contributed by atoms with van der Waals surface area (Å²) in [6.07, 6.45) is 1.60. The van der Waals surface area contributed by atoms with Crippen molar-refractivity contribution in [1.29, 1.82) is 0 Å². The molecule has 15 heavy (non-hydrogen) atoms. The van der Waals surface area contributed by atoms with Gasteiger partial charge in [0.05, 0.1) is 7.11 Å². The van der Waals surface area contributed by atoms with Crippen molar-refractivity contribution in [2.24, 2.45) is 0 Å². The highest BCUT2D eigenvalue weighted by atomic mass is 16.5. The lowest BCUT2D eigenvalue weighted by molar-refractivity contribution is 0.174. The monoisotopic (exact) mass is 211 g/mol. The Morgan fingerprint density at radius 1 is 1.20 bits per heavy atom. The standard InChI is InChI=1S/C9H13N3O3/c1-4-5-15-9-11-7(6-13-2)10-8(12-9)14-3/h4H,1,5-6H2,2-3H3. The van der Waals surface area contributed by atoms with Crippen LogP contribution in [0.5, 0.6) is 12.0 Å². The van der Waals surface area contributed by atoms with Gasteiger partial charge in [0.25, 0.3) is 0 Å². The highest BCUT2D eigenvalue weighted by molar-refractivity contribution is 5.05. The first-order valence-electron chi connectivity index (χ1n) is 4.31. The van der Waals surface area contributed by atoms with Crippen molar-refractivity contribution in [3.63, 3.8) is 0 Å². The average molecular weight is 211 g/mol. The van der Waals surface area contributed by atoms with Gasteiger partial charge in [-0.25, -0.2) is 0 Å². The molecule has 0 fully saturated rings. The highest BCUT2D eigenvalue weighted by Gasteiger charge is 2.06. The Balaban J connectivity index is 2.84. The van der Waals surface area contributed by atoms with E-state index in [9.17, 15) is 0 Å². The molecule has 0 N–H and O–H groups in total. The third-order valence-corrected chi connectivity index (χ3v) is 1.43. The van der Waals surface area contributed by atoms with Gasteiger partial charge in [-0.3, -0.25) is 0 Å². The van der Waals surface area contributed by atoms with Crippen LogP contribution in [0.3, 0.4) is 0 Å². The van der Waals surface area contributed by atoms with Crippen LogP contribution in [0.1, 0.15) is 5.82 Å². The first-order valence-corrected chi connectivity index (χ1v) is 4.31. The minimum absolute atomic E-state index is 0.203. The van der Waals surface area contributed by atoms with Gasteiger partial charge in [0.15, 0.2) is 5.82 Å². The lowest BCUT2D eigenvalue weighted by Gasteiger charge is -2.05. The largest absolute Gasteiger partial charge is 0.467 e. The van der Waals surface area contributed by atoms with E-state index in [4.69, 9.17) is 14.2 Å². The van der Waals surface area contributed by atoms with Gasteiger partial charge in [0, 0.05) is 7.11 Å². The third-order valence-electron chi connectivity index (χ3n) is 1.43. The molecule has 1 aromatic rings. The van der Waals surface area contributed by atoms with E-state index in [1.807, 2.05) is 0 Å². The van der Waals surface area contributed by atoms with Gasteiger partial charge < -0.3 is 14.2 Å². The van der Waals surface area contributed by atoms with E-state index in [-0.39, 0.29) is 18.6 Å². The predicted octanol–water partition coefficient (Wildman–Crippen LogP) is 0.591. The van der Waals surface area contributed by atoms with Crippen molar-refractivity contribution in [1.82, 2.24) is 15.0 Å². The molecule has 6 nitrogen and oxygen atoms in total. The first-order chi connectivity index (χ1) is 7.30. The van der Waals surface area contributed by atoms with E-state index in [0.717, 1.165) is 0 Å². The fourth-order valence-corrected chi connectivity index (χ4v) is 0.861. The van der Waals surface area contributed by atoms with Crippen LogP contribution in [0, 0.1) is 0 Å². The number of hydrogen-bond acceptors (Lipinski definition) is 6. The number of aromatic nitrogens is 3. The van der Waals surface area contributed by atoms with Crippen molar-refractivity contribution in [3.05, 3.63) is 18.5 Å². The molecule has 0 saturated carbocycles. The van der Waals surface area contributed by atoms with E-state index in [2.05, 4.69) is 21.5 Å². The molecule has 0 radical (unpaired) electrons. The van der Waals surface area contributed by atoms with Crippen LogP contribution in [0.4, 0.5) is 0 Å². The summed E-state index contributed by atoms with van der Waals surface area (Å²) in [5, 5.41) is 0. The van der Waals surface area contributed by atoms with Gasteiger partial charge in [-0.2, -0.15) is 9.97 Å². The van der Waals surface area contributed by atoms with Crippen LogP contribution >= 0.6 is 0 Å². The molecule has 0 atom stereocenters. The maximum atomic E-state index is 5.17. The molecule has 0 spiro atoms. The van der Waals surface area contributed by atoms with Crippen LogP contribution < -0.4 is 9.47 Å². The molecule has 0 aliphatic rings. The zero-order valence-corrected chi connectivity index (χ0v) is 8.77. The molecule has 82 valence electrons. The Hall–Kier alpha value is -1.69. The summed E-state index contributed by atoms with van der Waals surface area (Å²) in [5.41, 5.74) is 0. The minimum atomic E-state index is 0.203. The van der Waals surface area contributed by atoms with E-state index in [1.54, 1.807) is 13.2 Å². The summed E-state index contributed by atoms with van der Waals surface area (Å²) in [5.74, 6) is 0.461. The van der Waals surface area contributed by atoms with Gasteiger partial charge in [-0.1, -0.05) is 12.7 Å². The zero-order chi connectivity index (χ0) is 11.1. The topological polar surface area (TPSA) is 66.4 Å². The van der Waals surface area contributed by atoms with Crippen molar-refractivity contribution in [2.45, 2.75) is 6.61 Å². The Labute approximate surface area is 87.9 Å². The van der Waals surface area contributed by atoms with Gasteiger partial charge in [-0.15, -0.1) is 4.98 Å². The first kappa shape index (κ1) is 11.4. The molecule has 0 unspecified atom stereocenters. The molecule has 0 aliphatic carbocycles. The van der Waals surface area contributed by atoms with Crippen LogP contribution in [0.2, 0.25) is 0 Å². The predicted molar refractivity (Wildman–Crippen MR) is 52.8 cm³/mol. The van der Waals surface area contributed by atoms with E-state index in [0.29, 0.717) is 12.4 Å². The van der Waals surface area contributed by atoms with Crippen molar-refractivity contribution in [2.75, 3.05) is 20.8 Å². The van der Waals surface area contributed by atoms with Gasteiger partial charge >= 0.3 is 12.0 Å². The molecule has 0 aliphatic heterocycles. The maximum absolute atomic E-state index is 5.17.